The maximum Gasteiger partial charge on any atom is 0.257 e. The summed E-state index contributed by atoms with van der Waals surface area (Å²) in [6, 6.07) is 8.28. The van der Waals surface area contributed by atoms with Gasteiger partial charge in [0.05, 0.1) is 0 Å². The third-order valence-corrected chi connectivity index (χ3v) is 3.13. The van der Waals surface area contributed by atoms with Gasteiger partial charge in [-0.3, -0.25) is 4.90 Å². The highest BCUT2D eigenvalue weighted by atomic mass is 16.7. The number of fused-ring (bicyclic) bond motifs is 1. The minimum atomic E-state index is -0.713. The average molecular weight is 207 g/mol. The largest absolute Gasteiger partial charge is 0.337 e. The third kappa shape index (κ3) is 1.47. The first-order valence-corrected chi connectivity index (χ1v) is 5.14. The van der Waals surface area contributed by atoms with Crippen LogP contribution in [0.15, 0.2) is 24.3 Å². The van der Waals surface area contributed by atoms with Crippen LogP contribution in [0.5, 0.6) is 0 Å². The van der Waals surface area contributed by atoms with Gasteiger partial charge in [-0.05, 0) is 19.0 Å². The van der Waals surface area contributed by atoms with E-state index in [0.29, 0.717) is 0 Å². The predicted octanol–water partition coefficient (Wildman–Crippen LogP) is 1.58. The number of methoxy groups -OCH3 is 2. The van der Waals surface area contributed by atoms with E-state index in [9.17, 15) is 0 Å². The van der Waals surface area contributed by atoms with Gasteiger partial charge in [0.2, 0.25) is 0 Å². The zero-order valence-corrected chi connectivity index (χ0v) is 9.49. The van der Waals surface area contributed by atoms with E-state index in [1.807, 2.05) is 13.1 Å². The highest BCUT2D eigenvalue weighted by Gasteiger charge is 2.41. The third-order valence-electron chi connectivity index (χ3n) is 3.13. The van der Waals surface area contributed by atoms with Crippen LogP contribution in [0.2, 0.25) is 0 Å². The maximum atomic E-state index is 5.57. The summed E-state index contributed by atoms with van der Waals surface area (Å²) in [7, 11) is 5.38. The molecule has 0 aliphatic carbocycles. The molecule has 0 radical (unpaired) electrons. The molecule has 0 spiro atoms. The van der Waals surface area contributed by atoms with E-state index >= 15 is 0 Å². The summed E-state index contributed by atoms with van der Waals surface area (Å²) in [6.45, 7) is 0.943. The molecule has 3 nitrogen and oxygen atoms in total. The van der Waals surface area contributed by atoms with Crippen LogP contribution in [0, 0.1) is 0 Å². The highest BCUT2D eigenvalue weighted by Crippen LogP contribution is 2.35. The van der Waals surface area contributed by atoms with Crippen LogP contribution in [0.25, 0.3) is 0 Å². The molecule has 1 aromatic carbocycles. The van der Waals surface area contributed by atoms with Crippen molar-refractivity contribution in [2.75, 3.05) is 27.8 Å². The van der Waals surface area contributed by atoms with Crippen molar-refractivity contribution in [3.05, 3.63) is 35.4 Å². The van der Waals surface area contributed by atoms with E-state index in [4.69, 9.17) is 9.47 Å². The molecule has 1 aliphatic rings. The molecule has 0 aromatic heterocycles. The SMILES string of the molecule is COC1(OC)c2ccccc2CCN1C. The lowest BCUT2D eigenvalue weighted by atomic mass is 9.96. The van der Waals surface area contributed by atoms with Gasteiger partial charge in [0, 0.05) is 26.3 Å². The van der Waals surface area contributed by atoms with Gasteiger partial charge >= 0.3 is 0 Å². The molecule has 0 N–H and O–H groups in total. The van der Waals surface area contributed by atoms with Crippen molar-refractivity contribution in [3.8, 4) is 0 Å². The first-order chi connectivity index (χ1) is 7.24. The van der Waals surface area contributed by atoms with Gasteiger partial charge in [-0.1, -0.05) is 24.3 Å². The van der Waals surface area contributed by atoms with Crippen LogP contribution < -0.4 is 0 Å². The van der Waals surface area contributed by atoms with Crippen LogP contribution in [-0.4, -0.2) is 32.7 Å². The second kappa shape index (κ2) is 3.93. The molecule has 0 unspecified atom stereocenters. The fraction of sp³-hybridized carbons (Fsp3) is 0.500. The molecule has 1 aromatic rings. The van der Waals surface area contributed by atoms with Crippen molar-refractivity contribution in [2.24, 2.45) is 0 Å². The van der Waals surface area contributed by atoms with Crippen LogP contribution in [0.3, 0.4) is 0 Å². The summed E-state index contributed by atoms with van der Waals surface area (Å²) in [5.41, 5.74) is 2.42. The fourth-order valence-corrected chi connectivity index (χ4v) is 2.30. The Bertz CT molecular complexity index is 347. The van der Waals surface area contributed by atoms with Crippen molar-refractivity contribution in [1.82, 2.24) is 4.90 Å². The number of rotatable bonds is 2. The van der Waals surface area contributed by atoms with Gasteiger partial charge in [-0.2, -0.15) is 0 Å². The molecule has 1 aliphatic heterocycles. The molecule has 2 rings (SSSR count). The Morgan fingerprint density at radius 2 is 1.87 bits per heavy atom. The van der Waals surface area contributed by atoms with E-state index in [1.54, 1.807) is 14.2 Å². The van der Waals surface area contributed by atoms with Crippen LogP contribution in [0.4, 0.5) is 0 Å². The summed E-state index contributed by atoms with van der Waals surface area (Å²) in [5.74, 6) is -0.713. The van der Waals surface area contributed by atoms with E-state index in [2.05, 4.69) is 23.1 Å². The van der Waals surface area contributed by atoms with Crippen LogP contribution in [0.1, 0.15) is 11.1 Å². The maximum absolute atomic E-state index is 5.57. The molecule has 0 amide bonds. The lowest BCUT2D eigenvalue weighted by Crippen LogP contribution is -2.51. The lowest BCUT2D eigenvalue weighted by Gasteiger charge is -2.43. The minimum Gasteiger partial charge on any atom is -0.337 e. The first kappa shape index (κ1) is 10.6. The van der Waals surface area contributed by atoms with E-state index < -0.39 is 5.91 Å². The molecule has 0 fully saturated rings. The van der Waals surface area contributed by atoms with Crippen molar-refractivity contribution >= 4 is 0 Å². The molecule has 1 heterocycles. The number of nitrogens with zero attached hydrogens (tertiary/aromatic N) is 1. The molecule has 0 bridgehead atoms. The van der Waals surface area contributed by atoms with E-state index in [1.165, 1.54) is 5.56 Å². The summed E-state index contributed by atoms with van der Waals surface area (Å²) < 4.78 is 11.1. The van der Waals surface area contributed by atoms with Crippen molar-refractivity contribution < 1.29 is 9.47 Å². The number of likely N-dealkylation sites (N-methyl/N-ethyl adjacent to an activating group) is 1. The molecule has 3 heteroatoms. The molecule has 0 saturated carbocycles. The Labute approximate surface area is 90.6 Å². The second-order valence-corrected chi connectivity index (χ2v) is 3.82. The average Bonchev–Trinajstić information content (AvgIpc) is 2.30. The number of benzene rings is 1. The number of hydrogen-bond donors (Lipinski definition) is 0. The molecule has 82 valence electrons. The normalized spacial score (nSPS) is 19.9. The fourth-order valence-electron chi connectivity index (χ4n) is 2.30. The van der Waals surface area contributed by atoms with Crippen LogP contribution in [-0.2, 0) is 21.8 Å². The van der Waals surface area contributed by atoms with Gasteiger partial charge in [0.15, 0.2) is 0 Å². The first-order valence-electron chi connectivity index (χ1n) is 5.14. The minimum absolute atomic E-state index is 0.713. The standard InChI is InChI=1S/C12H17NO2/c1-13-9-8-10-6-4-5-7-11(10)12(13,14-2)15-3/h4-7H,8-9H2,1-3H3. The van der Waals surface area contributed by atoms with Gasteiger partial charge in [0.1, 0.15) is 0 Å². The number of hydrogen-bond acceptors (Lipinski definition) is 3. The van der Waals surface area contributed by atoms with E-state index in [-0.39, 0.29) is 0 Å². The summed E-state index contributed by atoms with van der Waals surface area (Å²) in [4.78, 5) is 2.09. The Balaban J connectivity index is 2.54. The number of ether oxygens (including phenoxy) is 2. The Kier molecular flexibility index (Phi) is 2.78. The predicted molar refractivity (Wildman–Crippen MR) is 58.5 cm³/mol. The quantitative estimate of drug-likeness (QED) is 0.687. The van der Waals surface area contributed by atoms with Gasteiger partial charge in [-0.15, -0.1) is 0 Å². The monoisotopic (exact) mass is 207 g/mol. The zero-order chi connectivity index (χ0) is 10.9. The molecule has 0 saturated heterocycles. The van der Waals surface area contributed by atoms with Gasteiger partial charge < -0.3 is 9.47 Å². The lowest BCUT2D eigenvalue weighted by molar-refractivity contribution is -0.304. The smallest absolute Gasteiger partial charge is 0.257 e. The Hall–Kier alpha value is -0.900. The van der Waals surface area contributed by atoms with Gasteiger partial charge in [-0.25, -0.2) is 0 Å². The molecule has 0 atom stereocenters. The highest BCUT2D eigenvalue weighted by molar-refractivity contribution is 5.33. The Morgan fingerprint density at radius 3 is 2.53 bits per heavy atom. The Morgan fingerprint density at radius 1 is 1.20 bits per heavy atom. The van der Waals surface area contributed by atoms with Crippen molar-refractivity contribution in [1.29, 1.82) is 0 Å². The molecular weight excluding hydrogens is 190 g/mol. The second-order valence-electron chi connectivity index (χ2n) is 3.82. The van der Waals surface area contributed by atoms with Crippen molar-refractivity contribution in [3.63, 3.8) is 0 Å². The van der Waals surface area contributed by atoms with E-state index in [0.717, 1.165) is 18.5 Å². The molecule has 15 heavy (non-hydrogen) atoms. The van der Waals surface area contributed by atoms with Crippen LogP contribution >= 0.6 is 0 Å². The zero-order valence-electron chi connectivity index (χ0n) is 9.49. The summed E-state index contributed by atoms with van der Waals surface area (Å²) in [5, 5.41) is 0. The summed E-state index contributed by atoms with van der Waals surface area (Å²) in [6.07, 6.45) is 1.04. The molecular formula is C12H17NO2. The summed E-state index contributed by atoms with van der Waals surface area (Å²) >= 11 is 0. The topological polar surface area (TPSA) is 21.7 Å². The van der Waals surface area contributed by atoms with Crippen molar-refractivity contribution in [2.45, 2.75) is 12.3 Å². The van der Waals surface area contributed by atoms with Gasteiger partial charge in [0.25, 0.3) is 5.91 Å².